The van der Waals surface area contributed by atoms with Crippen LogP contribution < -0.4 is 0 Å². The Bertz CT molecular complexity index is 765. The third-order valence-electron chi connectivity index (χ3n) is 5.34. The van der Waals surface area contributed by atoms with Gasteiger partial charge in [-0.05, 0) is 37.3 Å². The number of hydrogen-bond acceptors (Lipinski definition) is 4. The zero-order valence-electron chi connectivity index (χ0n) is 15.6. The molecule has 8 heteroatoms. The van der Waals surface area contributed by atoms with Crippen molar-refractivity contribution < 1.29 is 17.9 Å². The molecule has 1 atom stereocenters. The summed E-state index contributed by atoms with van der Waals surface area (Å²) in [6.45, 7) is 2.26. The van der Waals surface area contributed by atoms with Crippen molar-refractivity contribution in [3.8, 4) is 0 Å². The van der Waals surface area contributed by atoms with Gasteiger partial charge in [0.15, 0.2) is 0 Å². The predicted octanol–water partition coefficient (Wildman–Crippen LogP) is 2.31. The quantitative estimate of drug-likeness (QED) is 0.741. The Morgan fingerprint density at radius 1 is 1.22 bits per heavy atom. The van der Waals surface area contributed by atoms with Gasteiger partial charge in [0.1, 0.15) is 0 Å². The minimum atomic E-state index is -3.36. The van der Waals surface area contributed by atoms with Gasteiger partial charge in [-0.2, -0.15) is 4.31 Å². The highest BCUT2D eigenvalue weighted by Gasteiger charge is 2.37. The van der Waals surface area contributed by atoms with Crippen molar-refractivity contribution in [3.63, 3.8) is 0 Å². The number of sulfonamides is 1. The van der Waals surface area contributed by atoms with E-state index < -0.39 is 10.0 Å². The summed E-state index contributed by atoms with van der Waals surface area (Å²) in [7, 11) is -3.36. The van der Waals surface area contributed by atoms with Crippen molar-refractivity contribution >= 4 is 27.5 Å². The van der Waals surface area contributed by atoms with E-state index in [-0.39, 0.29) is 24.4 Å². The molecule has 2 heterocycles. The highest BCUT2D eigenvalue weighted by molar-refractivity contribution is 7.88. The lowest BCUT2D eigenvalue weighted by atomic mass is 10.0. The molecule has 0 saturated carbocycles. The Morgan fingerprint density at radius 2 is 1.93 bits per heavy atom. The van der Waals surface area contributed by atoms with E-state index in [9.17, 15) is 13.2 Å². The third kappa shape index (κ3) is 5.22. The van der Waals surface area contributed by atoms with E-state index in [1.807, 2.05) is 18.2 Å². The van der Waals surface area contributed by atoms with Crippen LogP contribution in [-0.2, 0) is 26.0 Å². The van der Waals surface area contributed by atoms with Gasteiger partial charge in [-0.1, -0.05) is 29.8 Å². The number of carbonyl (C=O) groups excluding carboxylic acids is 1. The van der Waals surface area contributed by atoms with Crippen molar-refractivity contribution in [2.24, 2.45) is 0 Å². The lowest BCUT2D eigenvalue weighted by molar-refractivity contribution is -0.132. The van der Waals surface area contributed by atoms with E-state index in [0.717, 1.165) is 18.4 Å². The Kier molecular flexibility index (Phi) is 6.78. The standard InChI is InChI=1S/C19H27ClN2O4S/c1-27(24,25)22(16-8-11-26-12-9-16)17-6-4-10-21(14-17)19(23)13-15-5-2-3-7-18(15)20/h2-3,5,7,16-17H,4,6,8-14H2,1H3. The number of hydrogen-bond donors (Lipinski definition) is 0. The molecular formula is C19H27ClN2O4S. The molecule has 1 aromatic rings. The van der Waals surface area contributed by atoms with Gasteiger partial charge in [0.25, 0.3) is 0 Å². The predicted molar refractivity (Wildman–Crippen MR) is 105 cm³/mol. The molecule has 3 rings (SSSR count). The first-order valence-corrected chi connectivity index (χ1v) is 11.7. The van der Waals surface area contributed by atoms with Gasteiger partial charge in [-0.3, -0.25) is 4.79 Å². The highest BCUT2D eigenvalue weighted by Crippen LogP contribution is 2.26. The van der Waals surface area contributed by atoms with Crippen molar-refractivity contribution in [1.29, 1.82) is 0 Å². The number of carbonyl (C=O) groups is 1. The number of nitrogens with zero attached hydrogens (tertiary/aromatic N) is 2. The molecule has 2 fully saturated rings. The molecule has 0 aliphatic carbocycles. The first kappa shape index (κ1) is 20.6. The number of halogens is 1. The number of likely N-dealkylation sites (tertiary alicyclic amines) is 1. The Hall–Kier alpha value is -1.15. The van der Waals surface area contributed by atoms with Crippen molar-refractivity contribution in [3.05, 3.63) is 34.9 Å². The SMILES string of the molecule is CS(=O)(=O)N(C1CCOCC1)C1CCCN(C(=O)Cc2ccccc2Cl)C1. The second-order valence-electron chi connectivity index (χ2n) is 7.34. The Balaban J connectivity index is 1.71. The number of benzene rings is 1. The van der Waals surface area contributed by atoms with Crippen LogP contribution in [0.25, 0.3) is 0 Å². The smallest absolute Gasteiger partial charge is 0.227 e. The van der Waals surface area contributed by atoms with Crippen molar-refractivity contribution in [2.75, 3.05) is 32.6 Å². The summed E-state index contributed by atoms with van der Waals surface area (Å²) < 4.78 is 32.0. The van der Waals surface area contributed by atoms with Crippen LogP contribution in [-0.4, -0.2) is 68.2 Å². The highest BCUT2D eigenvalue weighted by atomic mass is 35.5. The van der Waals surface area contributed by atoms with Crippen LogP contribution in [0, 0.1) is 0 Å². The maximum atomic E-state index is 12.8. The molecule has 1 unspecified atom stereocenters. The van der Waals surface area contributed by atoms with E-state index >= 15 is 0 Å². The second kappa shape index (κ2) is 8.90. The summed E-state index contributed by atoms with van der Waals surface area (Å²) in [5, 5.41) is 0.583. The molecule has 2 saturated heterocycles. The maximum Gasteiger partial charge on any atom is 0.227 e. The molecule has 1 aromatic carbocycles. The molecular weight excluding hydrogens is 388 g/mol. The van der Waals surface area contributed by atoms with Crippen LogP contribution in [0.3, 0.4) is 0 Å². The van der Waals surface area contributed by atoms with Crippen molar-refractivity contribution in [1.82, 2.24) is 9.21 Å². The number of ether oxygens (including phenoxy) is 1. The van der Waals surface area contributed by atoms with Crippen LogP contribution in [0.4, 0.5) is 0 Å². The normalized spacial score (nSPS) is 22.2. The van der Waals surface area contributed by atoms with Crippen LogP contribution in [0.5, 0.6) is 0 Å². The zero-order valence-corrected chi connectivity index (χ0v) is 17.2. The largest absolute Gasteiger partial charge is 0.381 e. The molecule has 0 aromatic heterocycles. The first-order chi connectivity index (χ1) is 12.9. The molecule has 0 N–H and O–H groups in total. The molecule has 2 aliphatic heterocycles. The molecule has 1 amide bonds. The number of piperidine rings is 1. The van der Waals surface area contributed by atoms with E-state index in [2.05, 4.69) is 0 Å². The summed E-state index contributed by atoms with van der Waals surface area (Å²) in [6, 6.07) is 7.12. The molecule has 2 aliphatic rings. The fraction of sp³-hybridized carbons (Fsp3) is 0.632. The number of amides is 1. The molecule has 0 spiro atoms. The van der Waals surface area contributed by atoms with Crippen LogP contribution in [0.2, 0.25) is 5.02 Å². The fourth-order valence-corrected chi connectivity index (χ4v) is 5.75. The fourth-order valence-electron chi connectivity index (χ4n) is 4.08. The van der Waals surface area contributed by atoms with Gasteiger partial charge in [-0.25, -0.2) is 8.42 Å². The van der Waals surface area contributed by atoms with Crippen LogP contribution >= 0.6 is 11.6 Å². The first-order valence-electron chi connectivity index (χ1n) is 9.43. The average Bonchev–Trinajstić information content (AvgIpc) is 2.64. The topological polar surface area (TPSA) is 66.9 Å². The van der Waals surface area contributed by atoms with Gasteiger partial charge >= 0.3 is 0 Å². The van der Waals surface area contributed by atoms with Crippen LogP contribution in [0.15, 0.2) is 24.3 Å². The number of rotatable bonds is 5. The lowest BCUT2D eigenvalue weighted by Crippen LogP contribution is -2.55. The maximum absolute atomic E-state index is 12.8. The second-order valence-corrected chi connectivity index (χ2v) is 9.64. The zero-order chi connectivity index (χ0) is 19.4. The molecule has 27 heavy (non-hydrogen) atoms. The molecule has 0 radical (unpaired) electrons. The van der Waals surface area contributed by atoms with Gasteiger partial charge in [0.2, 0.25) is 15.9 Å². The summed E-state index contributed by atoms with van der Waals surface area (Å²) in [4.78, 5) is 14.6. The minimum absolute atomic E-state index is 0.00627. The summed E-state index contributed by atoms with van der Waals surface area (Å²) in [5.74, 6) is -0.00627. The Labute approximate surface area is 166 Å². The van der Waals surface area contributed by atoms with E-state index in [0.29, 0.717) is 44.2 Å². The van der Waals surface area contributed by atoms with Gasteiger partial charge in [-0.15, -0.1) is 0 Å². The summed E-state index contributed by atoms with van der Waals surface area (Å²) in [5.41, 5.74) is 0.802. The third-order valence-corrected chi connectivity index (χ3v) is 7.07. The molecule has 0 bridgehead atoms. The summed E-state index contributed by atoms with van der Waals surface area (Å²) >= 11 is 6.18. The molecule has 6 nitrogen and oxygen atoms in total. The van der Waals surface area contributed by atoms with E-state index in [1.54, 1.807) is 15.3 Å². The van der Waals surface area contributed by atoms with Crippen LogP contribution in [0.1, 0.15) is 31.2 Å². The summed E-state index contributed by atoms with van der Waals surface area (Å²) in [6.07, 6.45) is 4.50. The van der Waals surface area contributed by atoms with Crippen molar-refractivity contribution in [2.45, 2.75) is 44.2 Å². The van der Waals surface area contributed by atoms with Gasteiger partial charge in [0, 0.05) is 43.4 Å². The van der Waals surface area contributed by atoms with E-state index in [4.69, 9.17) is 16.3 Å². The van der Waals surface area contributed by atoms with E-state index in [1.165, 1.54) is 6.26 Å². The average molecular weight is 415 g/mol. The van der Waals surface area contributed by atoms with Gasteiger partial charge in [0.05, 0.1) is 12.7 Å². The Morgan fingerprint density at radius 3 is 2.59 bits per heavy atom. The minimum Gasteiger partial charge on any atom is -0.381 e. The molecule has 150 valence electrons. The van der Waals surface area contributed by atoms with Gasteiger partial charge < -0.3 is 9.64 Å². The monoisotopic (exact) mass is 414 g/mol. The lowest BCUT2D eigenvalue weighted by Gasteiger charge is -2.42.